The molecule has 3 aliphatic rings. The van der Waals surface area contributed by atoms with Crippen molar-refractivity contribution in [1.82, 2.24) is 18.8 Å². The number of fused-ring (bicyclic) bond motifs is 1. The highest BCUT2D eigenvalue weighted by Crippen LogP contribution is 2.59. The van der Waals surface area contributed by atoms with Gasteiger partial charge in [-0.25, -0.2) is 17.7 Å². The van der Waals surface area contributed by atoms with Gasteiger partial charge in [0, 0.05) is 41.7 Å². The Hall–Kier alpha value is -2.26. The number of anilines is 1. The fraction of sp³-hybridized carbons (Fsp3) is 0.571. The van der Waals surface area contributed by atoms with Crippen molar-refractivity contribution in [2.75, 3.05) is 24.7 Å². The van der Waals surface area contributed by atoms with Crippen LogP contribution in [0.4, 0.5) is 5.95 Å². The summed E-state index contributed by atoms with van der Waals surface area (Å²) in [5.74, 6) is 0.494. The summed E-state index contributed by atoms with van der Waals surface area (Å²) in [7, 11) is -3.15. The van der Waals surface area contributed by atoms with Crippen molar-refractivity contribution in [3.05, 3.63) is 40.3 Å². The van der Waals surface area contributed by atoms with E-state index in [2.05, 4.69) is 22.5 Å². The lowest BCUT2D eigenvalue weighted by Crippen LogP contribution is -2.42. The minimum atomic E-state index is -3.15. The lowest BCUT2D eigenvalue weighted by atomic mass is 9.99. The van der Waals surface area contributed by atoms with Gasteiger partial charge in [0.2, 0.25) is 16.0 Å². The van der Waals surface area contributed by atoms with E-state index < -0.39 is 10.0 Å². The Labute approximate surface area is 176 Å². The van der Waals surface area contributed by atoms with E-state index in [1.807, 2.05) is 17.6 Å². The molecule has 160 valence electrons. The number of hydrogen-bond donors (Lipinski definition) is 1. The Bertz CT molecular complexity index is 1190. The topological polar surface area (TPSA) is 97.2 Å². The van der Waals surface area contributed by atoms with Crippen LogP contribution < -0.4 is 10.9 Å². The molecule has 0 amide bonds. The third kappa shape index (κ3) is 3.33. The lowest BCUT2D eigenvalue weighted by Gasteiger charge is -2.30. The van der Waals surface area contributed by atoms with Gasteiger partial charge in [-0.3, -0.25) is 9.36 Å². The molecule has 9 heteroatoms. The van der Waals surface area contributed by atoms with E-state index in [0.29, 0.717) is 43.1 Å². The van der Waals surface area contributed by atoms with Gasteiger partial charge in [0.25, 0.3) is 5.56 Å². The first-order chi connectivity index (χ1) is 14.3. The monoisotopic (exact) mass is 429 g/mol. The quantitative estimate of drug-likeness (QED) is 0.749. The molecule has 0 radical (unpaired) electrons. The largest absolute Gasteiger partial charge is 0.351 e. The van der Waals surface area contributed by atoms with Crippen LogP contribution in [0.1, 0.15) is 43.7 Å². The zero-order valence-corrected chi connectivity index (χ0v) is 18.2. The summed E-state index contributed by atoms with van der Waals surface area (Å²) in [6, 6.07) is 2.09. The number of pyridine rings is 1. The molecule has 3 heterocycles. The van der Waals surface area contributed by atoms with Gasteiger partial charge in [0.1, 0.15) is 5.65 Å². The molecule has 1 saturated heterocycles. The van der Waals surface area contributed by atoms with E-state index in [4.69, 9.17) is 4.98 Å². The highest BCUT2D eigenvalue weighted by Gasteiger charge is 2.50. The van der Waals surface area contributed by atoms with Gasteiger partial charge < -0.3 is 5.32 Å². The summed E-state index contributed by atoms with van der Waals surface area (Å²) >= 11 is 0. The number of nitrogens with zero attached hydrogens (tertiary/aromatic N) is 4. The van der Waals surface area contributed by atoms with Gasteiger partial charge in [-0.15, -0.1) is 0 Å². The van der Waals surface area contributed by atoms with E-state index in [1.165, 1.54) is 10.6 Å². The van der Waals surface area contributed by atoms with Gasteiger partial charge in [-0.2, -0.15) is 4.98 Å². The fourth-order valence-electron chi connectivity index (χ4n) is 4.92. The number of rotatable bonds is 4. The molecular weight excluding hydrogens is 402 g/mol. The van der Waals surface area contributed by atoms with E-state index in [-0.39, 0.29) is 23.1 Å². The third-order valence-corrected chi connectivity index (χ3v) is 8.12. The first-order valence-electron chi connectivity index (χ1n) is 10.6. The molecule has 1 N–H and O–H groups in total. The molecule has 0 unspecified atom stereocenters. The smallest absolute Gasteiger partial charge is 0.255 e. The number of aromatic nitrogens is 3. The molecule has 1 spiro atoms. The molecule has 30 heavy (non-hydrogen) atoms. The van der Waals surface area contributed by atoms with Crippen LogP contribution >= 0.6 is 0 Å². The molecule has 0 aromatic carbocycles. The molecule has 1 aliphatic heterocycles. The van der Waals surface area contributed by atoms with Crippen LogP contribution in [0.5, 0.6) is 0 Å². The molecule has 2 aromatic heterocycles. The molecule has 1 atom stereocenters. The number of nitrogens with one attached hydrogen (secondary N) is 1. The SMILES string of the molecule is Cc1cc2cnc(NC3CCN(S(C)(=O)=O)CC3)nc2n([C@@H]2CC=CC23CC3)c1=O. The molecular formula is C21H27N5O3S. The Morgan fingerprint density at radius 1 is 1.23 bits per heavy atom. The van der Waals surface area contributed by atoms with Crippen molar-refractivity contribution in [1.29, 1.82) is 0 Å². The van der Waals surface area contributed by atoms with Gasteiger partial charge >= 0.3 is 0 Å². The van der Waals surface area contributed by atoms with Crippen molar-refractivity contribution in [2.45, 2.75) is 51.1 Å². The third-order valence-electron chi connectivity index (χ3n) is 6.82. The van der Waals surface area contributed by atoms with Crippen LogP contribution in [0, 0.1) is 12.3 Å². The van der Waals surface area contributed by atoms with Gasteiger partial charge in [-0.05, 0) is 45.1 Å². The summed E-state index contributed by atoms with van der Waals surface area (Å²) in [5, 5.41) is 4.23. The van der Waals surface area contributed by atoms with Crippen LogP contribution in [0.15, 0.2) is 29.2 Å². The second-order valence-corrected chi connectivity index (χ2v) is 10.9. The maximum absolute atomic E-state index is 13.1. The Morgan fingerprint density at radius 3 is 2.63 bits per heavy atom. The number of allylic oxidation sites excluding steroid dienone is 2. The average molecular weight is 430 g/mol. The summed E-state index contributed by atoms with van der Waals surface area (Å²) in [6.45, 7) is 2.83. The second kappa shape index (κ2) is 6.88. The van der Waals surface area contributed by atoms with Crippen LogP contribution in [0.25, 0.3) is 11.0 Å². The minimum Gasteiger partial charge on any atom is -0.351 e. The summed E-state index contributed by atoms with van der Waals surface area (Å²) in [6.07, 6.45) is 12.0. The highest BCUT2D eigenvalue weighted by atomic mass is 32.2. The molecule has 2 aliphatic carbocycles. The van der Waals surface area contributed by atoms with Crippen LogP contribution in [-0.2, 0) is 10.0 Å². The molecule has 2 fully saturated rings. The van der Waals surface area contributed by atoms with Gasteiger partial charge in [-0.1, -0.05) is 12.2 Å². The maximum Gasteiger partial charge on any atom is 0.255 e. The fourth-order valence-corrected chi connectivity index (χ4v) is 5.79. The highest BCUT2D eigenvalue weighted by molar-refractivity contribution is 7.88. The van der Waals surface area contributed by atoms with E-state index in [9.17, 15) is 13.2 Å². The van der Waals surface area contributed by atoms with E-state index in [0.717, 1.165) is 24.6 Å². The normalized spacial score (nSPS) is 24.0. The van der Waals surface area contributed by atoms with Crippen molar-refractivity contribution in [3.8, 4) is 0 Å². The maximum atomic E-state index is 13.1. The number of sulfonamides is 1. The van der Waals surface area contributed by atoms with Gasteiger partial charge in [0.15, 0.2) is 0 Å². The van der Waals surface area contributed by atoms with Crippen molar-refractivity contribution in [3.63, 3.8) is 0 Å². The first kappa shape index (κ1) is 19.7. The van der Waals surface area contributed by atoms with Crippen molar-refractivity contribution in [2.24, 2.45) is 5.41 Å². The zero-order valence-electron chi connectivity index (χ0n) is 17.3. The van der Waals surface area contributed by atoms with Crippen LogP contribution in [0.2, 0.25) is 0 Å². The first-order valence-corrected chi connectivity index (χ1v) is 12.4. The molecule has 2 aromatic rings. The number of aryl methyl sites for hydroxylation is 1. The average Bonchev–Trinajstić information content (AvgIpc) is 3.36. The number of piperidine rings is 1. The number of hydrogen-bond acceptors (Lipinski definition) is 6. The molecule has 0 bridgehead atoms. The predicted octanol–water partition coefficient (Wildman–Crippen LogP) is 2.22. The molecule has 8 nitrogen and oxygen atoms in total. The molecule has 5 rings (SSSR count). The molecule has 1 saturated carbocycles. The van der Waals surface area contributed by atoms with E-state index in [1.54, 1.807) is 6.20 Å². The Morgan fingerprint density at radius 2 is 1.97 bits per heavy atom. The van der Waals surface area contributed by atoms with Crippen molar-refractivity contribution < 1.29 is 8.42 Å². The lowest BCUT2D eigenvalue weighted by molar-refractivity contribution is 0.331. The Kier molecular flexibility index (Phi) is 4.52. The summed E-state index contributed by atoms with van der Waals surface area (Å²) in [4.78, 5) is 22.3. The van der Waals surface area contributed by atoms with Crippen LogP contribution in [0.3, 0.4) is 0 Å². The second-order valence-electron chi connectivity index (χ2n) is 8.94. The standard InChI is InChI=1S/C21H27N5O3S/c1-14-12-15-13-22-20(23-16-5-10-25(11-6-16)30(2,28)29)24-18(15)26(19(14)27)17-4-3-7-21(17)8-9-21/h3,7,12-13,16-17H,4-6,8-11H2,1-2H3,(H,22,23,24)/t17-/m1/s1. The predicted molar refractivity (Wildman–Crippen MR) is 116 cm³/mol. The van der Waals surface area contributed by atoms with Crippen molar-refractivity contribution >= 4 is 27.0 Å². The minimum absolute atomic E-state index is 0.0218. The van der Waals surface area contributed by atoms with Gasteiger partial charge in [0.05, 0.1) is 12.3 Å². The van der Waals surface area contributed by atoms with E-state index >= 15 is 0 Å². The zero-order chi connectivity index (χ0) is 21.1. The van der Waals surface area contributed by atoms with Crippen LogP contribution in [-0.4, -0.2) is 52.6 Å². The summed E-state index contributed by atoms with van der Waals surface area (Å²) < 4.78 is 26.8. The Balaban J connectivity index is 1.45. The summed E-state index contributed by atoms with van der Waals surface area (Å²) in [5.41, 5.74) is 1.52.